The van der Waals surface area contributed by atoms with Crippen LogP contribution in [0.5, 0.6) is 5.88 Å². The van der Waals surface area contributed by atoms with Gasteiger partial charge in [0.05, 0.1) is 15.5 Å². The first-order chi connectivity index (χ1) is 12.8. The zero-order chi connectivity index (χ0) is 19.9. The van der Waals surface area contributed by atoms with Gasteiger partial charge in [-0.05, 0) is 24.5 Å². The highest BCUT2D eigenvalue weighted by atomic mass is 35.5. The Bertz CT molecular complexity index is 1170. The topological polar surface area (TPSA) is 83.1 Å². The van der Waals surface area contributed by atoms with Crippen molar-refractivity contribution in [2.24, 2.45) is 5.92 Å². The van der Waals surface area contributed by atoms with Crippen LogP contribution in [0.25, 0.3) is 10.1 Å². The molecule has 0 bridgehead atoms. The maximum absolute atomic E-state index is 13.2. The molecule has 0 saturated heterocycles. The molecule has 3 aromatic rings. The number of aromatic nitrogens is 1. The second kappa shape index (κ2) is 7.18. The van der Waals surface area contributed by atoms with Gasteiger partial charge in [-0.3, -0.25) is 14.2 Å². The fourth-order valence-electron chi connectivity index (χ4n) is 3.03. The van der Waals surface area contributed by atoms with Crippen LogP contribution in [0.15, 0.2) is 29.1 Å². The van der Waals surface area contributed by atoms with Gasteiger partial charge in [0.15, 0.2) is 0 Å². The number of hydrogen-bond donors (Lipinski definition) is 1. The first-order valence-corrected chi connectivity index (χ1v) is 9.55. The minimum Gasteiger partial charge on any atom is -0.494 e. The number of aromatic hydroxyl groups is 1. The predicted octanol–water partition coefficient (Wildman–Crippen LogP) is 4.49. The molecule has 0 fully saturated rings. The SMILES string of the molecule is Cc1c(C(=O)c2sc3ccccc3c2Cl)c(O)n(CC(C)C)c(=O)c1C#N. The van der Waals surface area contributed by atoms with Crippen molar-refractivity contribution in [3.63, 3.8) is 0 Å². The number of nitriles is 1. The van der Waals surface area contributed by atoms with Gasteiger partial charge in [0.1, 0.15) is 11.6 Å². The average Bonchev–Trinajstić information content (AvgIpc) is 2.96. The van der Waals surface area contributed by atoms with Crippen molar-refractivity contribution in [3.05, 3.63) is 61.2 Å². The lowest BCUT2D eigenvalue weighted by Gasteiger charge is -2.16. The zero-order valence-corrected chi connectivity index (χ0v) is 16.6. The molecule has 3 rings (SSSR count). The molecule has 138 valence electrons. The highest BCUT2D eigenvalue weighted by Gasteiger charge is 2.28. The van der Waals surface area contributed by atoms with Crippen LogP contribution in [-0.2, 0) is 6.54 Å². The summed E-state index contributed by atoms with van der Waals surface area (Å²) < 4.78 is 1.93. The number of fused-ring (bicyclic) bond motifs is 1. The Morgan fingerprint density at radius 3 is 2.63 bits per heavy atom. The summed E-state index contributed by atoms with van der Waals surface area (Å²) in [4.78, 5) is 26.1. The lowest BCUT2D eigenvalue weighted by molar-refractivity contribution is 0.103. The van der Waals surface area contributed by atoms with Crippen LogP contribution in [0, 0.1) is 24.2 Å². The van der Waals surface area contributed by atoms with Gasteiger partial charge in [-0.25, -0.2) is 0 Å². The molecule has 0 amide bonds. The third kappa shape index (κ3) is 3.14. The molecular formula is C20H17ClN2O3S. The number of pyridine rings is 1. The van der Waals surface area contributed by atoms with Crippen LogP contribution >= 0.6 is 22.9 Å². The van der Waals surface area contributed by atoms with E-state index in [1.165, 1.54) is 18.3 Å². The van der Waals surface area contributed by atoms with Gasteiger partial charge >= 0.3 is 0 Å². The van der Waals surface area contributed by atoms with Crippen molar-refractivity contribution < 1.29 is 9.90 Å². The van der Waals surface area contributed by atoms with Crippen LogP contribution in [0.4, 0.5) is 0 Å². The molecular weight excluding hydrogens is 384 g/mol. The van der Waals surface area contributed by atoms with Crippen LogP contribution in [0.3, 0.4) is 0 Å². The Kier molecular flexibility index (Phi) is 5.09. The third-order valence-corrected chi connectivity index (χ3v) is 5.99. The van der Waals surface area contributed by atoms with E-state index < -0.39 is 17.2 Å². The fraction of sp³-hybridized carbons (Fsp3) is 0.250. The lowest BCUT2D eigenvalue weighted by atomic mass is 10.00. The molecule has 0 spiro atoms. The summed E-state index contributed by atoms with van der Waals surface area (Å²) in [6.07, 6.45) is 0. The zero-order valence-electron chi connectivity index (χ0n) is 15.0. The number of nitrogens with zero attached hydrogens (tertiary/aromatic N) is 2. The summed E-state index contributed by atoms with van der Waals surface area (Å²) in [6, 6.07) is 9.22. The fourth-order valence-corrected chi connectivity index (χ4v) is 4.49. The van der Waals surface area contributed by atoms with Crippen LogP contribution in [-0.4, -0.2) is 15.5 Å². The van der Waals surface area contributed by atoms with E-state index in [0.29, 0.717) is 5.02 Å². The van der Waals surface area contributed by atoms with E-state index in [0.717, 1.165) is 14.7 Å². The Balaban J connectivity index is 2.29. The Hall–Kier alpha value is -2.62. The molecule has 0 radical (unpaired) electrons. The number of carbonyl (C=O) groups excluding carboxylic acids is 1. The summed E-state index contributed by atoms with van der Waals surface area (Å²) in [7, 11) is 0. The number of benzene rings is 1. The van der Waals surface area contributed by atoms with E-state index in [1.54, 1.807) is 0 Å². The Morgan fingerprint density at radius 2 is 2.04 bits per heavy atom. The van der Waals surface area contributed by atoms with E-state index in [9.17, 15) is 20.0 Å². The smallest absolute Gasteiger partial charge is 0.271 e. The molecule has 0 aliphatic rings. The Morgan fingerprint density at radius 1 is 1.37 bits per heavy atom. The molecule has 7 heteroatoms. The van der Waals surface area contributed by atoms with Crippen molar-refractivity contribution in [1.29, 1.82) is 5.26 Å². The van der Waals surface area contributed by atoms with Crippen molar-refractivity contribution >= 4 is 38.8 Å². The van der Waals surface area contributed by atoms with Crippen LogP contribution in [0.2, 0.25) is 5.02 Å². The van der Waals surface area contributed by atoms with Crippen molar-refractivity contribution in [2.75, 3.05) is 0 Å². The monoisotopic (exact) mass is 400 g/mol. The number of hydrogen-bond acceptors (Lipinski definition) is 5. The lowest BCUT2D eigenvalue weighted by Crippen LogP contribution is -2.28. The van der Waals surface area contributed by atoms with Crippen molar-refractivity contribution in [1.82, 2.24) is 4.57 Å². The third-order valence-electron chi connectivity index (χ3n) is 4.32. The molecule has 5 nitrogen and oxygen atoms in total. The van der Waals surface area contributed by atoms with E-state index in [2.05, 4.69) is 0 Å². The molecule has 0 aliphatic carbocycles. The van der Waals surface area contributed by atoms with Gasteiger partial charge in [-0.1, -0.05) is 43.6 Å². The number of halogens is 1. The highest BCUT2D eigenvalue weighted by molar-refractivity contribution is 7.21. The molecule has 0 aliphatic heterocycles. The molecule has 2 heterocycles. The van der Waals surface area contributed by atoms with Gasteiger partial charge < -0.3 is 5.11 Å². The summed E-state index contributed by atoms with van der Waals surface area (Å²) >= 11 is 7.63. The largest absolute Gasteiger partial charge is 0.494 e. The van der Waals surface area contributed by atoms with Gasteiger partial charge in [-0.2, -0.15) is 5.26 Å². The quantitative estimate of drug-likeness (QED) is 0.654. The second-order valence-corrected chi connectivity index (χ2v) is 8.12. The molecule has 0 atom stereocenters. The van der Waals surface area contributed by atoms with E-state index in [4.69, 9.17) is 11.6 Å². The molecule has 27 heavy (non-hydrogen) atoms. The summed E-state index contributed by atoms with van der Waals surface area (Å²) in [5.41, 5.74) is -0.631. The molecule has 0 unspecified atom stereocenters. The van der Waals surface area contributed by atoms with Crippen LogP contribution < -0.4 is 5.56 Å². The van der Waals surface area contributed by atoms with Crippen molar-refractivity contribution in [3.8, 4) is 11.9 Å². The normalized spacial score (nSPS) is 11.1. The number of ketones is 1. The average molecular weight is 401 g/mol. The second-order valence-electron chi connectivity index (χ2n) is 6.69. The number of rotatable bonds is 4. The molecule has 1 aromatic carbocycles. The first-order valence-electron chi connectivity index (χ1n) is 8.36. The van der Waals surface area contributed by atoms with Gasteiger partial charge in [0.2, 0.25) is 11.7 Å². The molecule has 2 aromatic heterocycles. The van der Waals surface area contributed by atoms with Gasteiger partial charge in [0, 0.05) is 16.6 Å². The Labute approximate surface area is 165 Å². The maximum atomic E-state index is 13.2. The molecule has 1 N–H and O–H groups in total. The van der Waals surface area contributed by atoms with E-state index in [-0.39, 0.29) is 34.0 Å². The summed E-state index contributed by atoms with van der Waals surface area (Å²) in [5.74, 6) is -0.882. The minimum absolute atomic E-state index is 0.0405. The number of thiophene rings is 1. The number of carbonyl (C=O) groups is 1. The van der Waals surface area contributed by atoms with E-state index in [1.807, 2.05) is 44.2 Å². The van der Waals surface area contributed by atoms with Crippen molar-refractivity contribution in [2.45, 2.75) is 27.3 Å². The standard InChI is InChI=1S/C20H17ClN2O3S/c1-10(2)9-23-19(25)13(8-22)11(3)15(20(23)26)17(24)18-16(21)12-6-4-5-7-14(12)27-18/h4-7,10,26H,9H2,1-3H3. The minimum atomic E-state index is -0.597. The summed E-state index contributed by atoms with van der Waals surface area (Å²) in [5, 5.41) is 21.2. The highest BCUT2D eigenvalue weighted by Crippen LogP contribution is 2.38. The summed E-state index contributed by atoms with van der Waals surface area (Å²) in [6.45, 7) is 5.44. The predicted molar refractivity (Wildman–Crippen MR) is 107 cm³/mol. The maximum Gasteiger partial charge on any atom is 0.271 e. The van der Waals surface area contributed by atoms with Gasteiger partial charge in [-0.15, -0.1) is 11.3 Å². The van der Waals surface area contributed by atoms with E-state index >= 15 is 0 Å². The first kappa shape index (κ1) is 19.2. The van der Waals surface area contributed by atoms with Crippen LogP contribution in [0.1, 0.15) is 40.2 Å². The van der Waals surface area contributed by atoms with Gasteiger partial charge in [0.25, 0.3) is 5.56 Å². The molecule has 0 saturated carbocycles.